The molecule has 0 bridgehead atoms. The number of hydrogen-bond acceptors (Lipinski definition) is 9. The quantitative estimate of drug-likeness (QED) is 0.117. The van der Waals surface area contributed by atoms with E-state index in [0.29, 0.717) is 5.56 Å². The Balaban J connectivity index is 1.45. The molecular weight excluding hydrogens is 781 g/mol. The predicted octanol–water partition coefficient (Wildman–Crippen LogP) is 7.38. The third kappa shape index (κ3) is 9.53. The summed E-state index contributed by atoms with van der Waals surface area (Å²) in [5.74, 6) is -6.75. The summed E-state index contributed by atoms with van der Waals surface area (Å²) in [6.07, 6.45) is -2.04. The molecule has 1 heterocycles. The molecule has 1 fully saturated rings. The molecule has 1 saturated heterocycles. The number of esters is 2. The summed E-state index contributed by atoms with van der Waals surface area (Å²) in [7, 11) is 1.27. The van der Waals surface area contributed by atoms with E-state index in [1.54, 1.807) is 30.3 Å². The Morgan fingerprint density at radius 3 is 2.35 bits per heavy atom. The summed E-state index contributed by atoms with van der Waals surface area (Å²) in [4.78, 5) is 52.2. The van der Waals surface area contributed by atoms with Crippen molar-refractivity contribution in [1.29, 1.82) is 5.26 Å². The zero-order valence-corrected chi connectivity index (χ0v) is 32.9. The van der Waals surface area contributed by atoms with Crippen LogP contribution < -0.4 is 21.1 Å². The van der Waals surface area contributed by atoms with Gasteiger partial charge in [-0.15, -0.1) is 0 Å². The minimum absolute atomic E-state index is 0.0271. The number of ether oxygens (including phenoxy) is 3. The number of nitriles is 1. The van der Waals surface area contributed by atoms with Crippen molar-refractivity contribution in [3.05, 3.63) is 129 Å². The molecule has 1 unspecified atom stereocenters. The fourth-order valence-electron chi connectivity index (χ4n) is 7.03. The number of halogens is 4. The van der Waals surface area contributed by atoms with E-state index in [-0.39, 0.29) is 51.2 Å². The van der Waals surface area contributed by atoms with Gasteiger partial charge < -0.3 is 30.6 Å². The molecule has 0 saturated carbocycles. The minimum Gasteiger partial charge on any atom is -0.495 e. The summed E-state index contributed by atoms with van der Waals surface area (Å²) >= 11 is 12.4. The lowest BCUT2D eigenvalue weighted by atomic mass is 9.62. The first-order valence-corrected chi connectivity index (χ1v) is 18.5. The molecular formula is C42H40Cl2F2N4O7. The van der Waals surface area contributed by atoms with Gasteiger partial charge in [0.2, 0.25) is 5.91 Å². The van der Waals surface area contributed by atoms with Crippen molar-refractivity contribution < 1.29 is 42.2 Å². The average molecular weight is 822 g/mol. The molecule has 5 rings (SSSR count). The lowest BCUT2D eigenvalue weighted by Crippen LogP contribution is -2.45. The Morgan fingerprint density at radius 2 is 1.72 bits per heavy atom. The normalized spacial score (nSPS) is 19.5. The van der Waals surface area contributed by atoms with E-state index in [1.165, 1.54) is 55.6 Å². The minimum atomic E-state index is -1.86. The van der Waals surface area contributed by atoms with Crippen LogP contribution in [-0.2, 0) is 35.9 Å². The highest BCUT2D eigenvalue weighted by atomic mass is 35.5. The zero-order valence-electron chi connectivity index (χ0n) is 31.4. The second kappa shape index (κ2) is 17.7. The number of methoxy groups -OCH3 is 1. The molecule has 15 heteroatoms. The van der Waals surface area contributed by atoms with Gasteiger partial charge in [0.25, 0.3) is 5.91 Å². The van der Waals surface area contributed by atoms with E-state index in [1.807, 2.05) is 20.8 Å². The van der Waals surface area contributed by atoms with Crippen LogP contribution >= 0.6 is 23.2 Å². The number of primary amides is 1. The Hall–Kier alpha value is -5.55. The summed E-state index contributed by atoms with van der Waals surface area (Å²) in [6.45, 7) is 5.68. The van der Waals surface area contributed by atoms with Gasteiger partial charge in [-0.3, -0.25) is 14.4 Å². The van der Waals surface area contributed by atoms with Gasteiger partial charge in [0.15, 0.2) is 6.10 Å². The monoisotopic (exact) mass is 820 g/mol. The van der Waals surface area contributed by atoms with Crippen molar-refractivity contribution in [2.45, 2.75) is 69.7 Å². The molecule has 1 aliphatic rings. The fraction of sp³-hybridized carbons (Fsp3) is 0.310. The Kier molecular flexibility index (Phi) is 13.2. The van der Waals surface area contributed by atoms with Crippen molar-refractivity contribution in [3.63, 3.8) is 0 Å². The fourth-order valence-corrected chi connectivity index (χ4v) is 7.38. The molecule has 0 radical (unpaired) electrons. The number of hydrogen-bond donors (Lipinski definition) is 3. The van der Waals surface area contributed by atoms with E-state index >= 15 is 8.78 Å². The van der Waals surface area contributed by atoms with Gasteiger partial charge in [0.05, 0.1) is 41.9 Å². The van der Waals surface area contributed by atoms with Crippen LogP contribution in [0.5, 0.6) is 5.75 Å². The number of nitrogens with zero attached hydrogens (tertiary/aromatic N) is 1. The zero-order chi connectivity index (χ0) is 41.7. The number of nitrogens with one attached hydrogen (secondary N) is 2. The highest BCUT2D eigenvalue weighted by molar-refractivity contribution is 6.31. The highest BCUT2D eigenvalue weighted by Gasteiger charge is 2.61. The highest BCUT2D eigenvalue weighted by Crippen LogP contribution is 2.53. The van der Waals surface area contributed by atoms with Crippen molar-refractivity contribution in [2.75, 3.05) is 12.4 Å². The van der Waals surface area contributed by atoms with Gasteiger partial charge >= 0.3 is 11.9 Å². The molecule has 298 valence electrons. The Morgan fingerprint density at radius 1 is 1.00 bits per heavy atom. The average Bonchev–Trinajstić information content (AvgIpc) is 3.48. The molecule has 0 aromatic heterocycles. The lowest BCUT2D eigenvalue weighted by Gasteiger charge is -2.37. The molecule has 0 aliphatic carbocycles. The maximum absolute atomic E-state index is 16.1. The second-order valence-corrected chi connectivity index (χ2v) is 15.6. The van der Waals surface area contributed by atoms with Crippen LogP contribution in [0.25, 0.3) is 0 Å². The van der Waals surface area contributed by atoms with Crippen LogP contribution in [-0.4, -0.2) is 49.1 Å². The SMILES string of the molecule is COc1cc(C(=O)OC(CC(=O)OCc2ccccc2)C(N)=O)ccc1NC(=O)[C@@H]1N[C@@H](CC(C)(C)C)[C@](C#N)(c2ccc(Cl)cc2F)[C@H]1c1cccc(Cl)c1F. The number of carbonyl (C=O) groups is 4. The van der Waals surface area contributed by atoms with Crippen molar-refractivity contribution in [2.24, 2.45) is 11.1 Å². The summed E-state index contributed by atoms with van der Waals surface area (Å²) in [6, 6.07) is 20.7. The maximum Gasteiger partial charge on any atom is 0.339 e. The molecule has 11 nitrogen and oxygen atoms in total. The second-order valence-electron chi connectivity index (χ2n) is 14.7. The first kappa shape index (κ1) is 42.6. The lowest BCUT2D eigenvalue weighted by molar-refractivity contribution is -0.149. The number of nitrogens with two attached hydrogens (primary N) is 1. The molecule has 4 aromatic carbocycles. The third-order valence-corrected chi connectivity index (χ3v) is 10.1. The standard InChI is InChI=1S/C42H40Cl2F2N4O7/c1-41(2,3)20-33-42(22-47,27-15-14-25(43)18-29(27)45)35(26-11-8-12-28(44)36(26)46)37(50-33)39(53)49-30-16-13-24(17-31(30)55-4)40(54)57-32(38(48)52)19-34(51)56-21-23-9-6-5-7-10-23/h5-18,32-33,35,37,50H,19-21H2,1-4H3,(H2,48,52)(H,49,53)/t32?,33-,35-,37+,42-/m0/s1. The number of rotatable bonds is 13. The first-order chi connectivity index (χ1) is 27.0. The van der Waals surface area contributed by atoms with Crippen LogP contribution in [0.3, 0.4) is 0 Å². The maximum atomic E-state index is 16.1. The van der Waals surface area contributed by atoms with Gasteiger partial charge in [-0.1, -0.05) is 92.5 Å². The molecule has 4 aromatic rings. The van der Waals surface area contributed by atoms with E-state index < -0.39 is 76.7 Å². The van der Waals surface area contributed by atoms with Crippen molar-refractivity contribution in [3.8, 4) is 11.8 Å². The van der Waals surface area contributed by atoms with E-state index in [4.69, 9.17) is 43.1 Å². The topological polar surface area (TPSA) is 170 Å². The largest absolute Gasteiger partial charge is 0.495 e. The van der Waals surface area contributed by atoms with Gasteiger partial charge in [-0.2, -0.15) is 5.26 Å². The van der Waals surface area contributed by atoms with Crippen LogP contribution in [0.2, 0.25) is 10.0 Å². The third-order valence-electron chi connectivity index (χ3n) is 9.59. The molecule has 1 aliphatic heterocycles. The van der Waals surface area contributed by atoms with E-state index in [2.05, 4.69) is 16.7 Å². The molecule has 57 heavy (non-hydrogen) atoms. The van der Waals surface area contributed by atoms with E-state index in [0.717, 1.165) is 6.07 Å². The molecule has 5 atom stereocenters. The Bertz CT molecular complexity index is 2210. The van der Waals surface area contributed by atoms with Crippen molar-refractivity contribution >= 4 is 52.6 Å². The van der Waals surface area contributed by atoms with Gasteiger partial charge in [-0.05, 0) is 59.4 Å². The Labute approximate surface area is 338 Å². The summed E-state index contributed by atoms with van der Waals surface area (Å²) < 4.78 is 48.0. The summed E-state index contributed by atoms with van der Waals surface area (Å²) in [5.41, 5.74) is 3.56. The van der Waals surface area contributed by atoms with Crippen LogP contribution in [0.1, 0.15) is 66.6 Å². The molecule has 0 spiro atoms. The van der Waals surface area contributed by atoms with Gasteiger partial charge in [-0.25, -0.2) is 13.6 Å². The molecule has 4 N–H and O–H groups in total. The van der Waals surface area contributed by atoms with Crippen LogP contribution in [0.15, 0.2) is 84.9 Å². The van der Waals surface area contributed by atoms with E-state index in [9.17, 15) is 24.4 Å². The predicted molar refractivity (Wildman–Crippen MR) is 209 cm³/mol. The summed E-state index contributed by atoms with van der Waals surface area (Å²) in [5, 5.41) is 16.9. The van der Waals surface area contributed by atoms with Crippen LogP contribution in [0.4, 0.5) is 14.5 Å². The van der Waals surface area contributed by atoms with Gasteiger partial charge in [0, 0.05) is 22.5 Å². The van der Waals surface area contributed by atoms with Crippen molar-refractivity contribution in [1.82, 2.24) is 5.32 Å². The number of amides is 2. The first-order valence-electron chi connectivity index (χ1n) is 17.7. The number of anilines is 1. The number of benzene rings is 4. The molecule has 2 amide bonds. The number of carbonyl (C=O) groups excluding carboxylic acids is 4. The van der Waals surface area contributed by atoms with Gasteiger partial charge in [0.1, 0.15) is 29.4 Å². The van der Waals surface area contributed by atoms with Crippen LogP contribution in [0, 0.1) is 28.4 Å². The smallest absolute Gasteiger partial charge is 0.339 e.